The summed E-state index contributed by atoms with van der Waals surface area (Å²) in [7, 11) is 1.73. The quantitative estimate of drug-likeness (QED) is 0.604. The number of ether oxygens (including phenoxy) is 1. The van der Waals surface area contributed by atoms with Crippen molar-refractivity contribution in [3.63, 3.8) is 0 Å². The van der Waals surface area contributed by atoms with E-state index < -0.39 is 0 Å². The maximum absolute atomic E-state index is 5.44. The average Bonchev–Trinajstić information content (AvgIpc) is 2.49. The summed E-state index contributed by atoms with van der Waals surface area (Å²) in [5, 5.41) is 0.987. The molecular formula is C17H18Br2O. The molecule has 2 aromatic carbocycles. The molecule has 0 radical (unpaired) electrons. The van der Waals surface area contributed by atoms with Gasteiger partial charge in [0.25, 0.3) is 0 Å². The van der Waals surface area contributed by atoms with Gasteiger partial charge in [0.15, 0.2) is 0 Å². The molecular weight excluding hydrogens is 380 g/mol. The lowest BCUT2D eigenvalue weighted by molar-refractivity contribution is 0.406. The highest BCUT2D eigenvalue weighted by molar-refractivity contribution is 9.10. The molecule has 1 nitrogen and oxygen atoms in total. The van der Waals surface area contributed by atoms with Crippen LogP contribution in [0.1, 0.15) is 11.1 Å². The zero-order valence-electron chi connectivity index (χ0n) is 11.5. The van der Waals surface area contributed by atoms with Gasteiger partial charge in [0, 0.05) is 9.80 Å². The fourth-order valence-corrected chi connectivity index (χ4v) is 3.04. The first-order valence-corrected chi connectivity index (χ1v) is 8.56. The number of halogens is 2. The van der Waals surface area contributed by atoms with Crippen LogP contribution in [0.3, 0.4) is 0 Å². The van der Waals surface area contributed by atoms with Gasteiger partial charge in [-0.2, -0.15) is 0 Å². The summed E-state index contributed by atoms with van der Waals surface area (Å²) in [5.41, 5.74) is 2.64. The predicted molar refractivity (Wildman–Crippen MR) is 91.8 cm³/mol. The molecule has 20 heavy (non-hydrogen) atoms. The molecule has 0 amide bonds. The van der Waals surface area contributed by atoms with Crippen LogP contribution in [0.2, 0.25) is 0 Å². The highest BCUT2D eigenvalue weighted by Crippen LogP contribution is 2.24. The van der Waals surface area contributed by atoms with E-state index in [1.807, 2.05) is 12.1 Å². The average molecular weight is 398 g/mol. The van der Waals surface area contributed by atoms with E-state index in [0.29, 0.717) is 5.92 Å². The molecule has 1 atom stereocenters. The van der Waals surface area contributed by atoms with Gasteiger partial charge in [-0.1, -0.05) is 62.2 Å². The zero-order valence-corrected chi connectivity index (χ0v) is 14.7. The molecule has 0 bridgehead atoms. The molecule has 2 rings (SSSR count). The highest BCUT2D eigenvalue weighted by Gasteiger charge is 2.12. The number of methoxy groups -OCH3 is 1. The lowest BCUT2D eigenvalue weighted by Gasteiger charge is -2.16. The van der Waals surface area contributed by atoms with Crippen LogP contribution in [0.15, 0.2) is 53.0 Å². The first-order valence-electron chi connectivity index (χ1n) is 6.65. The molecule has 0 aliphatic rings. The molecule has 0 aliphatic carbocycles. The maximum atomic E-state index is 5.44. The Labute approximate surface area is 137 Å². The molecule has 1 unspecified atom stereocenters. The molecule has 0 aromatic heterocycles. The molecule has 0 saturated heterocycles. The summed E-state index contributed by atoms with van der Waals surface area (Å²) in [6, 6.07) is 16.8. The summed E-state index contributed by atoms with van der Waals surface area (Å²) in [6.07, 6.45) is 2.09. The second-order valence-electron chi connectivity index (χ2n) is 4.87. The largest absolute Gasteiger partial charge is 0.496 e. The number of hydrogen-bond acceptors (Lipinski definition) is 1. The monoisotopic (exact) mass is 396 g/mol. The van der Waals surface area contributed by atoms with E-state index in [4.69, 9.17) is 4.74 Å². The minimum absolute atomic E-state index is 0.562. The number of benzene rings is 2. The van der Waals surface area contributed by atoms with Crippen LogP contribution in [0.25, 0.3) is 0 Å². The van der Waals surface area contributed by atoms with Gasteiger partial charge in [-0.05, 0) is 48.1 Å². The number of alkyl halides is 1. The Morgan fingerprint density at radius 1 is 1.00 bits per heavy atom. The zero-order chi connectivity index (χ0) is 14.4. The van der Waals surface area contributed by atoms with E-state index in [1.165, 1.54) is 11.1 Å². The first kappa shape index (κ1) is 15.6. The van der Waals surface area contributed by atoms with Crippen LogP contribution in [0.5, 0.6) is 5.75 Å². The van der Waals surface area contributed by atoms with Crippen molar-refractivity contribution in [3.8, 4) is 5.75 Å². The number of rotatable bonds is 6. The van der Waals surface area contributed by atoms with Gasteiger partial charge in [0.1, 0.15) is 5.75 Å². The van der Waals surface area contributed by atoms with Crippen LogP contribution in [0, 0.1) is 5.92 Å². The fourth-order valence-electron chi connectivity index (χ4n) is 2.32. The minimum Gasteiger partial charge on any atom is -0.496 e. The summed E-state index contributed by atoms with van der Waals surface area (Å²) >= 11 is 7.12. The van der Waals surface area contributed by atoms with Crippen molar-refractivity contribution in [2.45, 2.75) is 12.8 Å². The maximum Gasteiger partial charge on any atom is 0.122 e. The standard InChI is InChI=1S/C17H18Br2O/c1-20-17-5-3-2-4-15(17)11-14(12-18)10-13-6-8-16(19)9-7-13/h2-9,14H,10-12H2,1H3. The van der Waals surface area contributed by atoms with Gasteiger partial charge in [0.05, 0.1) is 7.11 Å². The van der Waals surface area contributed by atoms with Crippen molar-refractivity contribution >= 4 is 31.9 Å². The van der Waals surface area contributed by atoms with Gasteiger partial charge in [-0.15, -0.1) is 0 Å². The Morgan fingerprint density at radius 2 is 1.70 bits per heavy atom. The van der Waals surface area contributed by atoms with Gasteiger partial charge in [-0.25, -0.2) is 0 Å². The lowest BCUT2D eigenvalue weighted by Crippen LogP contribution is -2.10. The summed E-state index contributed by atoms with van der Waals surface area (Å²) in [5.74, 6) is 1.54. The van der Waals surface area contributed by atoms with Crippen molar-refractivity contribution in [2.75, 3.05) is 12.4 Å². The molecule has 0 N–H and O–H groups in total. The number of hydrogen-bond donors (Lipinski definition) is 0. The van der Waals surface area contributed by atoms with Gasteiger partial charge in [-0.3, -0.25) is 0 Å². The van der Waals surface area contributed by atoms with Crippen molar-refractivity contribution < 1.29 is 4.74 Å². The van der Waals surface area contributed by atoms with Crippen molar-refractivity contribution in [1.29, 1.82) is 0 Å². The molecule has 0 fully saturated rings. The van der Waals surface area contributed by atoms with Crippen LogP contribution in [0.4, 0.5) is 0 Å². The van der Waals surface area contributed by atoms with Crippen LogP contribution >= 0.6 is 31.9 Å². The molecule has 3 heteroatoms. The Kier molecular flexibility index (Phi) is 6.11. The van der Waals surface area contributed by atoms with Crippen molar-refractivity contribution in [2.24, 2.45) is 5.92 Å². The van der Waals surface area contributed by atoms with Crippen LogP contribution in [-0.2, 0) is 12.8 Å². The highest BCUT2D eigenvalue weighted by atomic mass is 79.9. The Balaban J connectivity index is 2.07. The van der Waals surface area contributed by atoms with Crippen molar-refractivity contribution in [1.82, 2.24) is 0 Å². The second kappa shape index (κ2) is 7.84. The van der Waals surface area contributed by atoms with E-state index in [2.05, 4.69) is 68.3 Å². The second-order valence-corrected chi connectivity index (χ2v) is 6.43. The van der Waals surface area contributed by atoms with E-state index >= 15 is 0 Å². The van der Waals surface area contributed by atoms with Gasteiger partial charge < -0.3 is 4.74 Å². The smallest absolute Gasteiger partial charge is 0.122 e. The predicted octanol–water partition coefficient (Wildman–Crippen LogP) is 5.25. The summed E-state index contributed by atoms with van der Waals surface area (Å²) < 4.78 is 6.56. The SMILES string of the molecule is COc1ccccc1CC(CBr)Cc1ccc(Br)cc1. The van der Waals surface area contributed by atoms with Gasteiger partial charge >= 0.3 is 0 Å². The lowest BCUT2D eigenvalue weighted by atomic mass is 9.94. The molecule has 0 heterocycles. The number of para-hydroxylation sites is 1. The Bertz CT molecular complexity index is 537. The molecule has 2 aromatic rings. The van der Waals surface area contributed by atoms with Crippen molar-refractivity contribution in [3.05, 3.63) is 64.1 Å². The summed E-state index contributed by atoms with van der Waals surface area (Å²) in [4.78, 5) is 0. The van der Waals surface area contributed by atoms with Gasteiger partial charge in [0.2, 0.25) is 0 Å². The van der Waals surface area contributed by atoms with Crippen LogP contribution in [-0.4, -0.2) is 12.4 Å². The molecule has 0 aliphatic heterocycles. The molecule has 106 valence electrons. The van der Waals surface area contributed by atoms with E-state index in [-0.39, 0.29) is 0 Å². The Hall–Kier alpha value is -0.800. The fraction of sp³-hybridized carbons (Fsp3) is 0.294. The third kappa shape index (κ3) is 4.35. The molecule has 0 spiro atoms. The Morgan fingerprint density at radius 3 is 2.35 bits per heavy atom. The third-order valence-corrected chi connectivity index (χ3v) is 4.80. The van der Waals surface area contributed by atoms with E-state index in [9.17, 15) is 0 Å². The topological polar surface area (TPSA) is 9.23 Å². The molecule has 0 saturated carbocycles. The van der Waals surface area contributed by atoms with E-state index in [0.717, 1.165) is 28.4 Å². The van der Waals surface area contributed by atoms with E-state index in [1.54, 1.807) is 7.11 Å². The summed E-state index contributed by atoms with van der Waals surface area (Å²) in [6.45, 7) is 0. The first-order chi connectivity index (χ1) is 9.72. The third-order valence-electron chi connectivity index (χ3n) is 3.36. The normalized spacial score (nSPS) is 12.2. The van der Waals surface area contributed by atoms with Crippen LogP contribution < -0.4 is 4.74 Å². The minimum atomic E-state index is 0.562.